The summed E-state index contributed by atoms with van der Waals surface area (Å²) in [5, 5.41) is 8.79. The van der Waals surface area contributed by atoms with Gasteiger partial charge in [0, 0.05) is 18.3 Å². The van der Waals surface area contributed by atoms with Gasteiger partial charge in [0.15, 0.2) is 0 Å². The van der Waals surface area contributed by atoms with Crippen LogP contribution in [0.5, 0.6) is 0 Å². The molecule has 0 saturated carbocycles. The molecule has 2 heterocycles. The Labute approximate surface area is 98.7 Å². The van der Waals surface area contributed by atoms with Crippen molar-refractivity contribution in [1.29, 1.82) is 0 Å². The van der Waals surface area contributed by atoms with Crippen molar-refractivity contribution in [2.24, 2.45) is 0 Å². The minimum absolute atomic E-state index is 0.172. The summed E-state index contributed by atoms with van der Waals surface area (Å²) < 4.78 is 7.16. The molecule has 0 atom stereocenters. The predicted molar refractivity (Wildman–Crippen MR) is 61.1 cm³/mol. The van der Waals surface area contributed by atoms with Gasteiger partial charge in [-0.1, -0.05) is 13.8 Å². The van der Waals surface area contributed by atoms with Crippen LogP contribution in [-0.4, -0.2) is 20.6 Å². The Morgan fingerprint density at radius 3 is 2.94 bits per heavy atom. The van der Waals surface area contributed by atoms with Gasteiger partial charge in [0.05, 0.1) is 12.1 Å². The summed E-state index contributed by atoms with van der Waals surface area (Å²) in [7, 11) is 0. The van der Waals surface area contributed by atoms with Gasteiger partial charge in [-0.25, -0.2) is 9.78 Å². The third-order valence-electron chi connectivity index (χ3n) is 2.49. The molecular formula is C12H14N2O3. The van der Waals surface area contributed by atoms with Gasteiger partial charge < -0.3 is 14.1 Å². The molecule has 2 aromatic rings. The van der Waals surface area contributed by atoms with Crippen molar-refractivity contribution >= 4 is 5.97 Å². The molecule has 0 aliphatic carbocycles. The van der Waals surface area contributed by atoms with E-state index in [0.717, 1.165) is 5.82 Å². The van der Waals surface area contributed by atoms with Gasteiger partial charge in [0.2, 0.25) is 0 Å². The van der Waals surface area contributed by atoms with Crippen LogP contribution in [0.25, 0.3) is 0 Å². The van der Waals surface area contributed by atoms with Crippen LogP contribution in [-0.2, 0) is 6.54 Å². The number of aromatic carboxylic acids is 1. The molecule has 0 saturated heterocycles. The molecule has 17 heavy (non-hydrogen) atoms. The number of imidazole rings is 1. The fourth-order valence-electron chi connectivity index (χ4n) is 1.70. The van der Waals surface area contributed by atoms with Crippen LogP contribution < -0.4 is 0 Å². The monoisotopic (exact) mass is 234 g/mol. The highest BCUT2D eigenvalue weighted by molar-refractivity contribution is 5.87. The lowest BCUT2D eigenvalue weighted by Crippen LogP contribution is -2.05. The zero-order valence-electron chi connectivity index (χ0n) is 9.75. The van der Waals surface area contributed by atoms with E-state index in [1.165, 1.54) is 12.3 Å². The Morgan fingerprint density at radius 2 is 2.35 bits per heavy atom. The van der Waals surface area contributed by atoms with Crippen molar-refractivity contribution in [1.82, 2.24) is 9.55 Å². The van der Waals surface area contributed by atoms with Gasteiger partial charge in [0.1, 0.15) is 17.8 Å². The molecule has 0 aromatic carbocycles. The average Bonchev–Trinajstić information content (AvgIpc) is 2.86. The fraction of sp³-hybridized carbons (Fsp3) is 0.333. The van der Waals surface area contributed by atoms with Crippen LogP contribution in [0.15, 0.2) is 29.1 Å². The Balaban J connectivity index is 2.19. The first kappa shape index (κ1) is 11.4. The molecule has 0 amide bonds. The first-order valence-electron chi connectivity index (χ1n) is 5.39. The number of nitrogens with zero attached hydrogens (tertiary/aromatic N) is 2. The van der Waals surface area contributed by atoms with Gasteiger partial charge >= 0.3 is 5.97 Å². The Bertz CT molecular complexity index is 525. The van der Waals surface area contributed by atoms with Crippen LogP contribution in [0.1, 0.15) is 41.7 Å². The maximum absolute atomic E-state index is 10.7. The number of furan rings is 1. The third kappa shape index (κ3) is 2.38. The molecule has 1 N–H and O–H groups in total. The van der Waals surface area contributed by atoms with Gasteiger partial charge in [0.25, 0.3) is 0 Å². The van der Waals surface area contributed by atoms with Gasteiger partial charge in [-0.2, -0.15) is 0 Å². The zero-order chi connectivity index (χ0) is 12.4. The standard InChI is InChI=1S/C12H14N2O3/c1-8(2)11-13-3-4-14(11)6-10-5-9(7-17-10)12(15)16/h3-5,7-8H,6H2,1-2H3,(H,15,16). The van der Waals surface area contributed by atoms with Crippen molar-refractivity contribution in [2.45, 2.75) is 26.3 Å². The summed E-state index contributed by atoms with van der Waals surface area (Å²) in [5.41, 5.74) is 0.172. The van der Waals surface area contributed by atoms with Crippen molar-refractivity contribution < 1.29 is 14.3 Å². The Hall–Kier alpha value is -2.04. The van der Waals surface area contributed by atoms with E-state index in [1.54, 1.807) is 6.20 Å². The summed E-state index contributed by atoms with van der Waals surface area (Å²) >= 11 is 0. The summed E-state index contributed by atoms with van der Waals surface area (Å²) in [4.78, 5) is 15.0. The molecule has 5 heteroatoms. The number of carbonyl (C=O) groups is 1. The highest BCUT2D eigenvalue weighted by Gasteiger charge is 2.11. The largest absolute Gasteiger partial charge is 0.478 e. The molecule has 0 spiro atoms. The minimum Gasteiger partial charge on any atom is -0.478 e. The van der Waals surface area contributed by atoms with E-state index in [0.29, 0.717) is 18.2 Å². The lowest BCUT2D eigenvalue weighted by Gasteiger charge is -2.08. The second kappa shape index (κ2) is 4.45. The molecule has 5 nitrogen and oxygen atoms in total. The SMILES string of the molecule is CC(C)c1nccn1Cc1cc(C(=O)O)co1. The van der Waals surface area contributed by atoms with Crippen LogP contribution in [0, 0.1) is 0 Å². The van der Waals surface area contributed by atoms with Gasteiger partial charge in [-0.05, 0) is 6.07 Å². The highest BCUT2D eigenvalue weighted by atomic mass is 16.4. The number of carboxylic acids is 1. The minimum atomic E-state index is -0.977. The van der Waals surface area contributed by atoms with Gasteiger partial charge in [-0.15, -0.1) is 0 Å². The van der Waals surface area contributed by atoms with Crippen LogP contribution in [0.4, 0.5) is 0 Å². The number of hydrogen-bond acceptors (Lipinski definition) is 3. The molecule has 0 unspecified atom stereocenters. The highest BCUT2D eigenvalue weighted by Crippen LogP contribution is 2.15. The van der Waals surface area contributed by atoms with Crippen molar-refractivity contribution in [3.63, 3.8) is 0 Å². The fourth-order valence-corrected chi connectivity index (χ4v) is 1.70. The topological polar surface area (TPSA) is 68.3 Å². The van der Waals surface area contributed by atoms with E-state index >= 15 is 0 Å². The summed E-state index contributed by atoms with van der Waals surface area (Å²) in [6.45, 7) is 4.62. The zero-order valence-corrected chi connectivity index (χ0v) is 9.75. The molecule has 2 aromatic heterocycles. The molecule has 2 rings (SSSR count). The second-order valence-electron chi connectivity index (χ2n) is 4.17. The first-order valence-corrected chi connectivity index (χ1v) is 5.39. The smallest absolute Gasteiger partial charge is 0.338 e. The maximum atomic E-state index is 10.7. The third-order valence-corrected chi connectivity index (χ3v) is 2.49. The number of aromatic nitrogens is 2. The average molecular weight is 234 g/mol. The Kier molecular flexibility index (Phi) is 2.99. The predicted octanol–water partition coefficient (Wildman–Crippen LogP) is 2.35. The van der Waals surface area contributed by atoms with E-state index < -0.39 is 5.97 Å². The quantitative estimate of drug-likeness (QED) is 0.881. The van der Waals surface area contributed by atoms with Crippen molar-refractivity contribution in [3.05, 3.63) is 41.9 Å². The number of rotatable bonds is 4. The van der Waals surface area contributed by atoms with E-state index in [1.807, 2.05) is 10.8 Å². The Morgan fingerprint density at radius 1 is 1.59 bits per heavy atom. The summed E-state index contributed by atoms with van der Waals surface area (Å²) in [6.07, 6.45) is 4.85. The van der Waals surface area contributed by atoms with E-state index in [-0.39, 0.29) is 5.56 Å². The molecule has 0 radical (unpaired) electrons. The second-order valence-corrected chi connectivity index (χ2v) is 4.17. The van der Waals surface area contributed by atoms with Crippen LogP contribution in [0.2, 0.25) is 0 Å². The first-order chi connectivity index (χ1) is 8.08. The molecule has 0 fully saturated rings. The normalized spacial score (nSPS) is 11.0. The van der Waals surface area contributed by atoms with Crippen molar-refractivity contribution in [3.8, 4) is 0 Å². The van der Waals surface area contributed by atoms with Crippen LogP contribution >= 0.6 is 0 Å². The van der Waals surface area contributed by atoms with E-state index in [9.17, 15) is 4.79 Å². The molecular weight excluding hydrogens is 220 g/mol. The molecule has 0 aliphatic heterocycles. The lowest BCUT2D eigenvalue weighted by atomic mass is 10.2. The molecule has 0 aliphatic rings. The van der Waals surface area contributed by atoms with E-state index in [2.05, 4.69) is 18.8 Å². The van der Waals surface area contributed by atoms with Crippen molar-refractivity contribution in [2.75, 3.05) is 0 Å². The molecule has 0 bridgehead atoms. The summed E-state index contributed by atoms with van der Waals surface area (Å²) in [5.74, 6) is 0.911. The molecule has 90 valence electrons. The maximum Gasteiger partial charge on any atom is 0.338 e. The van der Waals surface area contributed by atoms with Crippen LogP contribution in [0.3, 0.4) is 0 Å². The number of hydrogen-bond donors (Lipinski definition) is 1. The summed E-state index contributed by atoms with van der Waals surface area (Å²) in [6, 6.07) is 1.53. The van der Waals surface area contributed by atoms with Gasteiger partial charge in [-0.3, -0.25) is 0 Å². The van der Waals surface area contributed by atoms with E-state index in [4.69, 9.17) is 9.52 Å². The lowest BCUT2D eigenvalue weighted by molar-refractivity contribution is 0.0696. The number of carboxylic acid groups (broad SMARTS) is 1.